The molecule has 1 aromatic heterocycles. The molecule has 5 nitrogen and oxygen atoms in total. The van der Waals surface area contributed by atoms with Crippen molar-refractivity contribution in [2.75, 3.05) is 13.1 Å². The third-order valence-corrected chi connectivity index (χ3v) is 5.26. The number of sulfonamides is 1. The second-order valence-electron chi connectivity index (χ2n) is 4.33. The topological polar surface area (TPSA) is 55.2 Å². The summed E-state index contributed by atoms with van der Waals surface area (Å²) in [5, 5.41) is 3.61. The maximum Gasteiger partial charge on any atom is 0.333 e. The summed E-state index contributed by atoms with van der Waals surface area (Å²) in [4.78, 5) is -0.0790. The van der Waals surface area contributed by atoms with Crippen LogP contribution in [0.5, 0.6) is 0 Å². The van der Waals surface area contributed by atoms with Crippen molar-refractivity contribution in [2.24, 2.45) is 0 Å². The van der Waals surface area contributed by atoms with E-state index in [0.717, 1.165) is 12.8 Å². The molecule has 102 valence electrons. The third-order valence-electron chi connectivity index (χ3n) is 3.11. The predicted molar refractivity (Wildman–Crippen MR) is 60.9 cm³/mol. The summed E-state index contributed by atoms with van der Waals surface area (Å²) in [5.41, 5.74) is 0.120. The number of aryl methyl sites for hydroxylation is 1. The smallest absolute Gasteiger partial charge is 0.207 e. The highest BCUT2D eigenvalue weighted by molar-refractivity contribution is 7.89. The summed E-state index contributed by atoms with van der Waals surface area (Å²) in [6.07, 6.45) is 1.61. The van der Waals surface area contributed by atoms with Crippen LogP contribution in [-0.2, 0) is 10.0 Å². The average molecular weight is 279 g/mol. The first-order chi connectivity index (χ1) is 8.35. The van der Waals surface area contributed by atoms with Crippen molar-refractivity contribution in [2.45, 2.75) is 38.1 Å². The molecule has 0 aliphatic carbocycles. The number of hydrogen-bond donors (Lipinski definition) is 0. The molecule has 1 saturated heterocycles. The molecule has 0 bridgehead atoms. The zero-order valence-corrected chi connectivity index (χ0v) is 11.0. The van der Waals surface area contributed by atoms with Gasteiger partial charge in [-0.1, -0.05) is 0 Å². The van der Waals surface area contributed by atoms with Gasteiger partial charge in [0.05, 0.1) is 11.4 Å². The molecule has 1 aromatic rings. The summed E-state index contributed by atoms with van der Waals surface area (Å²) in [7, 11) is -3.70. The van der Waals surface area contributed by atoms with Crippen molar-refractivity contribution in [3.8, 4) is 0 Å². The van der Waals surface area contributed by atoms with Crippen LogP contribution in [0.1, 0.15) is 30.8 Å². The fourth-order valence-corrected chi connectivity index (χ4v) is 4.15. The lowest BCUT2D eigenvalue weighted by atomic mass is 10.4. The van der Waals surface area contributed by atoms with Gasteiger partial charge in [-0.2, -0.15) is 18.2 Å². The van der Waals surface area contributed by atoms with E-state index in [1.807, 2.05) is 0 Å². The quantitative estimate of drug-likeness (QED) is 0.846. The van der Waals surface area contributed by atoms with Gasteiger partial charge in [-0.3, -0.25) is 0 Å². The number of rotatable bonds is 3. The SMILES string of the molecule is Cc1nn(C(F)F)c(C)c1S(=O)(=O)N1CCCC1. The van der Waals surface area contributed by atoms with Crippen LogP contribution in [0.4, 0.5) is 8.78 Å². The van der Waals surface area contributed by atoms with E-state index in [0.29, 0.717) is 17.8 Å². The molecule has 2 heterocycles. The first kappa shape index (κ1) is 13.4. The Morgan fingerprint density at radius 3 is 2.22 bits per heavy atom. The fraction of sp³-hybridized carbons (Fsp3) is 0.700. The zero-order valence-electron chi connectivity index (χ0n) is 10.2. The van der Waals surface area contributed by atoms with Crippen LogP contribution in [0.2, 0.25) is 0 Å². The van der Waals surface area contributed by atoms with Gasteiger partial charge in [-0.05, 0) is 26.7 Å². The lowest BCUT2D eigenvalue weighted by Crippen LogP contribution is -2.28. The fourth-order valence-electron chi connectivity index (χ4n) is 2.27. The molecule has 8 heteroatoms. The van der Waals surface area contributed by atoms with Gasteiger partial charge >= 0.3 is 6.55 Å². The number of nitrogens with zero attached hydrogens (tertiary/aromatic N) is 3. The first-order valence-electron chi connectivity index (χ1n) is 5.69. The maximum absolute atomic E-state index is 12.7. The second-order valence-corrected chi connectivity index (χ2v) is 6.21. The zero-order chi connectivity index (χ0) is 13.5. The molecule has 0 atom stereocenters. The largest absolute Gasteiger partial charge is 0.333 e. The maximum atomic E-state index is 12.7. The van der Waals surface area contributed by atoms with Gasteiger partial charge in [0.2, 0.25) is 10.0 Å². The Morgan fingerprint density at radius 2 is 1.78 bits per heavy atom. The Kier molecular flexibility index (Phi) is 3.41. The van der Waals surface area contributed by atoms with Crippen molar-refractivity contribution in [1.82, 2.24) is 14.1 Å². The van der Waals surface area contributed by atoms with E-state index in [-0.39, 0.29) is 16.3 Å². The number of aromatic nitrogens is 2. The summed E-state index contributed by atoms with van der Waals surface area (Å²) in [5.74, 6) is 0. The van der Waals surface area contributed by atoms with Gasteiger partial charge in [0, 0.05) is 13.1 Å². The van der Waals surface area contributed by atoms with Crippen LogP contribution in [0, 0.1) is 13.8 Å². The minimum Gasteiger partial charge on any atom is -0.207 e. The molecular formula is C10H15F2N3O2S. The molecule has 0 aromatic carbocycles. The van der Waals surface area contributed by atoms with Gasteiger partial charge in [-0.25, -0.2) is 13.1 Å². The number of alkyl halides is 2. The molecule has 0 spiro atoms. The van der Waals surface area contributed by atoms with Gasteiger partial charge in [0.25, 0.3) is 0 Å². The minimum absolute atomic E-state index is 0.00519. The van der Waals surface area contributed by atoms with Crippen molar-refractivity contribution >= 4 is 10.0 Å². The standard InChI is InChI=1S/C10H15F2N3O2S/c1-7-9(8(2)15(13-7)10(11)12)18(16,17)14-5-3-4-6-14/h10H,3-6H2,1-2H3. The van der Waals surface area contributed by atoms with Crippen molar-refractivity contribution in [3.63, 3.8) is 0 Å². The second kappa shape index (κ2) is 4.58. The molecule has 18 heavy (non-hydrogen) atoms. The van der Waals surface area contributed by atoms with Crippen LogP contribution < -0.4 is 0 Å². The predicted octanol–water partition coefficient (Wildman–Crippen LogP) is 1.68. The molecule has 0 N–H and O–H groups in total. The molecule has 1 fully saturated rings. The van der Waals surface area contributed by atoms with Gasteiger partial charge in [-0.15, -0.1) is 0 Å². The van der Waals surface area contributed by atoms with E-state index < -0.39 is 16.6 Å². The number of halogens is 2. The molecule has 0 radical (unpaired) electrons. The molecule has 2 rings (SSSR count). The van der Waals surface area contributed by atoms with E-state index >= 15 is 0 Å². The Bertz CT molecular complexity index is 548. The molecule has 0 saturated carbocycles. The summed E-state index contributed by atoms with van der Waals surface area (Å²) in [6, 6.07) is 0. The lowest BCUT2D eigenvalue weighted by molar-refractivity contribution is 0.0538. The normalized spacial score (nSPS) is 17.8. The van der Waals surface area contributed by atoms with E-state index in [1.54, 1.807) is 0 Å². The molecular weight excluding hydrogens is 264 g/mol. The molecule has 1 aliphatic heterocycles. The highest BCUT2D eigenvalue weighted by Gasteiger charge is 2.33. The highest BCUT2D eigenvalue weighted by Crippen LogP contribution is 2.28. The van der Waals surface area contributed by atoms with Crippen LogP contribution in [-0.4, -0.2) is 35.6 Å². The summed E-state index contributed by atoms with van der Waals surface area (Å²) < 4.78 is 51.8. The summed E-state index contributed by atoms with van der Waals surface area (Å²) in [6.45, 7) is 0.859. The van der Waals surface area contributed by atoms with E-state index in [4.69, 9.17) is 0 Å². The van der Waals surface area contributed by atoms with Gasteiger partial charge in [0.1, 0.15) is 4.90 Å². The van der Waals surface area contributed by atoms with Crippen molar-refractivity contribution < 1.29 is 17.2 Å². The average Bonchev–Trinajstić information content (AvgIpc) is 2.86. The molecule has 0 amide bonds. The lowest BCUT2D eigenvalue weighted by Gasteiger charge is -2.15. The van der Waals surface area contributed by atoms with Crippen LogP contribution in [0.25, 0.3) is 0 Å². The van der Waals surface area contributed by atoms with Crippen LogP contribution >= 0.6 is 0 Å². The minimum atomic E-state index is -3.70. The van der Waals surface area contributed by atoms with Crippen molar-refractivity contribution in [1.29, 1.82) is 0 Å². The van der Waals surface area contributed by atoms with Crippen LogP contribution in [0.15, 0.2) is 4.90 Å². The van der Waals surface area contributed by atoms with Gasteiger partial charge in [0.15, 0.2) is 0 Å². The van der Waals surface area contributed by atoms with Gasteiger partial charge < -0.3 is 0 Å². The Balaban J connectivity index is 2.50. The highest BCUT2D eigenvalue weighted by atomic mass is 32.2. The van der Waals surface area contributed by atoms with E-state index in [2.05, 4.69) is 5.10 Å². The molecule has 0 unspecified atom stereocenters. The first-order valence-corrected chi connectivity index (χ1v) is 7.13. The Morgan fingerprint density at radius 1 is 1.22 bits per heavy atom. The van der Waals surface area contributed by atoms with E-state index in [1.165, 1.54) is 18.2 Å². The Labute approximate surface area is 104 Å². The van der Waals surface area contributed by atoms with E-state index in [9.17, 15) is 17.2 Å². The monoisotopic (exact) mass is 279 g/mol. The summed E-state index contributed by atoms with van der Waals surface area (Å²) >= 11 is 0. The van der Waals surface area contributed by atoms with Crippen molar-refractivity contribution in [3.05, 3.63) is 11.4 Å². The third kappa shape index (κ3) is 2.03. The molecule has 1 aliphatic rings. The number of hydrogen-bond acceptors (Lipinski definition) is 3. The Hall–Kier alpha value is -1.02. The van der Waals surface area contributed by atoms with Crippen LogP contribution in [0.3, 0.4) is 0 Å².